The Morgan fingerprint density at radius 1 is 1.30 bits per heavy atom. The summed E-state index contributed by atoms with van der Waals surface area (Å²) in [6.07, 6.45) is -0.306. The molecule has 0 fully saturated rings. The van der Waals surface area contributed by atoms with Gasteiger partial charge in [0.05, 0.1) is 10.8 Å². The molecule has 124 valence electrons. The molecule has 0 bridgehead atoms. The van der Waals surface area contributed by atoms with E-state index in [2.05, 4.69) is 34.1 Å². The van der Waals surface area contributed by atoms with Crippen molar-refractivity contribution in [2.24, 2.45) is 0 Å². The van der Waals surface area contributed by atoms with Crippen LogP contribution in [0.3, 0.4) is 0 Å². The molecule has 0 atom stereocenters. The molecule has 0 aliphatic rings. The smallest absolute Gasteiger partial charge is 0.410 e. The SMILES string of the molecule is CN(Cc1cc(Br)c(Sc2ccccc2)s1)C(=O)OC(C)(C)C. The monoisotopic (exact) mass is 413 g/mol. The summed E-state index contributed by atoms with van der Waals surface area (Å²) < 4.78 is 7.62. The molecule has 0 spiro atoms. The number of halogens is 1. The van der Waals surface area contributed by atoms with Crippen molar-refractivity contribution in [3.8, 4) is 0 Å². The zero-order chi connectivity index (χ0) is 17.0. The molecule has 3 nitrogen and oxygen atoms in total. The summed E-state index contributed by atoms with van der Waals surface area (Å²) in [6.45, 7) is 6.15. The molecule has 0 saturated carbocycles. The first-order valence-corrected chi connectivity index (χ1v) is 9.62. The molecule has 1 amide bonds. The molecule has 2 rings (SSSR count). The number of thiophene rings is 1. The second kappa shape index (κ2) is 7.73. The van der Waals surface area contributed by atoms with Crippen molar-refractivity contribution in [3.63, 3.8) is 0 Å². The van der Waals surface area contributed by atoms with Crippen LogP contribution < -0.4 is 0 Å². The molecule has 2 aromatic rings. The van der Waals surface area contributed by atoms with Crippen molar-refractivity contribution in [1.82, 2.24) is 4.90 Å². The molecule has 1 aromatic carbocycles. The third kappa shape index (κ3) is 5.86. The minimum Gasteiger partial charge on any atom is -0.444 e. The maximum absolute atomic E-state index is 12.0. The summed E-state index contributed by atoms with van der Waals surface area (Å²) >= 11 is 7.01. The average molecular weight is 414 g/mol. The van der Waals surface area contributed by atoms with E-state index >= 15 is 0 Å². The Morgan fingerprint density at radius 3 is 2.57 bits per heavy atom. The molecule has 0 radical (unpaired) electrons. The van der Waals surface area contributed by atoms with E-state index < -0.39 is 5.60 Å². The van der Waals surface area contributed by atoms with E-state index in [0.29, 0.717) is 6.54 Å². The number of carbonyl (C=O) groups excluding carboxylic acids is 1. The topological polar surface area (TPSA) is 29.5 Å². The number of nitrogens with zero attached hydrogens (tertiary/aromatic N) is 1. The predicted octanol–water partition coefficient (Wildman–Crippen LogP) is 6.03. The number of rotatable bonds is 4. The van der Waals surface area contributed by atoms with E-state index in [4.69, 9.17) is 4.74 Å². The Hall–Kier alpha value is -0.980. The van der Waals surface area contributed by atoms with Crippen LogP contribution in [0.1, 0.15) is 25.6 Å². The summed E-state index contributed by atoms with van der Waals surface area (Å²) in [5, 5.41) is 0. The minimum atomic E-state index is -0.476. The lowest BCUT2D eigenvalue weighted by Gasteiger charge is -2.24. The molecule has 0 aliphatic heterocycles. The Kier molecular flexibility index (Phi) is 6.17. The lowest BCUT2D eigenvalue weighted by atomic mass is 10.2. The van der Waals surface area contributed by atoms with E-state index in [0.717, 1.165) is 9.35 Å². The van der Waals surface area contributed by atoms with Gasteiger partial charge in [-0.1, -0.05) is 30.0 Å². The quantitative estimate of drug-likeness (QED) is 0.612. The number of benzene rings is 1. The molecule has 1 aromatic heterocycles. The van der Waals surface area contributed by atoms with Gasteiger partial charge in [-0.05, 0) is 54.9 Å². The summed E-state index contributed by atoms with van der Waals surface area (Å²) in [4.78, 5) is 15.9. The molecule has 1 heterocycles. The van der Waals surface area contributed by atoms with Gasteiger partial charge in [0.1, 0.15) is 5.60 Å². The second-order valence-corrected chi connectivity index (χ2v) is 9.43. The molecule has 0 N–H and O–H groups in total. The third-order valence-electron chi connectivity index (χ3n) is 2.76. The minimum absolute atomic E-state index is 0.306. The first-order chi connectivity index (χ1) is 10.7. The van der Waals surface area contributed by atoms with Crippen molar-refractivity contribution >= 4 is 45.1 Å². The zero-order valence-corrected chi connectivity index (χ0v) is 16.8. The highest BCUT2D eigenvalue weighted by molar-refractivity contribution is 9.10. The Balaban J connectivity index is 2.02. The molecule has 0 saturated heterocycles. The molecular formula is C17H20BrNO2S2. The lowest BCUT2D eigenvalue weighted by Crippen LogP contribution is -2.33. The van der Waals surface area contributed by atoms with Crippen LogP contribution in [0.2, 0.25) is 0 Å². The Labute approximate surface area is 154 Å². The fourth-order valence-corrected chi connectivity index (χ4v) is 4.96. The lowest BCUT2D eigenvalue weighted by molar-refractivity contribution is 0.0287. The van der Waals surface area contributed by atoms with E-state index in [-0.39, 0.29) is 6.09 Å². The van der Waals surface area contributed by atoms with Crippen LogP contribution in [0, 0.1) is 0 Å². The highest BCUT2D eigenvalue weighted by Crippen LogP contribution is 2.40. The van der Waals surface area contributed by atoms with Crippen LogP contribution in [0.15, 0.2) is 50.0 Å². The molecule has 0 unspecified atom stereocenters. The number of hydrogen-bond donors (Lipinski definition) is 0. The Bertz CT molecular complexity index is 665. The van der Waals surface area contributed by atoms with E-state index in [1.165, 1.54) is 9.10 Å². The van der Waals surface area contributed by atoms with Crippen LogP contribution in [-0.2, 0) is 11.3 Å². The first-order valence-electron chi connectivity index (χ1n) is 7.20. The van der Waals surface area contributed by atoms with Gasteiger partial charge in [-0.15, -0.1) is 11.3 Å². The fourth-order valence-electron chi connectivity index (χ4n) is 1.78. The van der Waals surface area contributed by atoms with Crippen molar-refractivity contribution < 1.29 is 9.53 Å². The summed E-state index contributed by atoms with van der Waals surface area (Å²) in [5.41, 5.74) is -0.476. The molecular weight excluding hydrogens is 394 g/mol. The normalized spacial score (nSPS) is 11.3. The first kappa shape index (κ1) is 18.4. The average Bonchev–Trinajstić information content (AvgIpc) is 2.78. The highest BCUT2D eigenvalue weighted by atomic mass is 79.9. The number of ether oxygens (including phenoxy) is 1. The van der Waals surface area contributed by atoms with Gasteiger partial charge in [-0.2, -0.15) is 0 Å². The Morgan fingerprint density at radius 2 is 1.96 bits per heavy atom. The summed E-state index contributed by atoms with van der Waals surface area (Å²) in [7, 11) is 1.76. The van der Waals surface area contributed by atoms with Gasteiger partial charge in [-0.25, -0.2) is 4.79 Å². The predicted molar refractivity (Wildman–Crippen MR) is 100 cm³/mol. The van der Waals surface area contributed by atoms with Crippen LogP contribution >= 0.6 is 39.0 Å². The second-order valence-electron chi connectivity index (χ2n) is 6.10. The molecule has 23 heavy (non-hydrogen) atoms. The van der Waals surface area contributed by atoms with Crippen LogP contribution in [0.4, 0.5) is 4.79 Å². The summed E-state index contributed by atoms with van der Waals surface area (Å²) in [5.74, 6) is 0. The van der Waals surface area contributed by atoms with E-state index in [1.54, 1.807) is 35.0 Å². The van der Waals surface area contributed by atoms with Gasteiger partial charge in [0.15, 0.2) is 0 Å². The zero-order valence-electron chi connectivity index (χ0n) is 13.6. The van der Waals surface area contributed by atoms with E-state index in [1.807, 2.05) is 39.0 Å². The van der Waals surface area contributed by atoms with Crippen molar-refractivity contribution in [2.45, 2.75) is 42.0 Å². The highest BCUT2D eigenvalue weighted by Gasteiger charge is 2.20. The maximum atomic E-state index is 12.0. The van der Waals surface area contributed by atoms with E-state index in [9.17, 15) is 4.79 Å². The third-order valence-corrected chi connectivity index (χ3v) is 6.24. The van der Waals surface area contributed by atoms with Gasteiger partial charge < -0.3 is 9.64 Å². The maximum Gasteiger partial charge on any atom is 0.410 e. The van der Waals surface area contributed by atoms with Crippen molar-refractivity contribution in [3.05, 3.63) is 45.7 Å². The molecule has 6 heteroatoms. The number of amides is 1. The standard InChI is InChI=1S/C17H20BrNO2S2/c1-17(2,3)21-16(20)19(4)11-13-10-14(18)15(23-13)22-12-8-6-5-7-9-12/h5-10H,11H2,1-4H3. The fraction of sp³-hybridized carbons (Fsp3) is 0.353. The van der Waals surface area contributed by atoms with Gasteiger partial charge in [0, 0.05) is 21.3 Å². The molecule has 0 aliphatic carbocycles. The van der Waals surface area contributed by atoms with Gasteiger partial charge in [0.25, 0.3) is 0 Å². The number of carbonyl (C=O) groups is 1. The van der Waals surface area contributed by atoms with Gasteiger partial charge in [-0.3, -0.25) is 0 Å². The largest absolute Gasteiger partial charge is 0.444 e. The van der Waals surface area contributed by atoms with Gasteiger partial charge in [0.2, 0.25) is 0 Å². The van der Waals surface area contributed by atoms with Crippen molar-refractivity contribution in [1.29, 1.82) is 0 Å². The van der Waals surface area contributed by atoms with Crippen molar-refractivity contribution in [2.75, 3.05) is 7.05 Å². The van der Waals surface area contributed by atoms with Crippen LogP contribution in [-0.4, -0.2) is 23.6 Å². The van der Waals surface area contributed by atoms with Crippen LogP contribution in [0.5, 0.6) is 0 Å². The number of hydrogen-bond acceptors (Lipinski definition) is 4. The summed E-state index contributed by atoms with van der Waals surface area (Å²) in [6, 6.07) is 12.3. The van der Waals surface area contributed by atoms with Gasteiger partial charge >= 0.3 is 6.09 Å². The van der Waals surface area contributed by atoms with Crippen LogP contribution in [0.25, 0.3) is 0 Å².